The first-order chi connectivity index (χ1) is 5.86. The van der Waals surface area contributed by atoms with Crippen LogP contribution in [-0.4, -0.2) is 19.5 Å². The van der Waals surface area contributed by atoms with E-state index >= 15 is 0 Å². The molecule has 2 nitrogen and oxygen atoms in total. The van der Waals surface area contributed by atoms with Gasteiger partial charge in [-0.2, -0.15) is 0 Å². The lowest BCUT2D eigenvalue weighted by molar-refractivity contribution is 0.112. The zero-order valence-corrected chi connectivity index (χ0v) is 6.59. The fraction of sp³-hybridized carbons (Fsp3) is 0.222. The van der Waals surface area contributed by atoms with Gasteiger partial charge in [0, 0.05) is 17.8 Å². The van der Waals surface area contributed by atoms with E-state index in [1.165, 1.54) is 0 Å². The van der Waals surface area contributed by atoms with E-state index in [9.17, 15) is 9.18 Å². The van der Waals surface area contributed by atoms with Gasteiger partial charge in [0.2, 0.25) is 0 Å². The van der Waals surface area contributed by atoms with Crippen LogP contribution in [0.4, 0.5) is 10.1 Å². The first-order valence-electron chi connectivity index (χ1n) is 3.72. The molecular formula is C9H10FNO. The topological polar surface area (TPSA) is 29.1 Å². The molecule has 0 aliphatic rings. The van der Waals surface area contributed by atoms with Crippen LogP contribution in [0.25, 0.3) is 0 Å². The van der Waals surface area contributed by atoms with Gasteiger partial charge in [-0.25, -0.2) is 4.39 Å². The van der Waals surface area contributed by atoms with Crippen LogP contribution in [0.5, 0.6) is 0 Å². The Balaban J connectivity index is 2.58. The monoisotopic (exact) mass is 167 g/mol. The van der Waals surface area contributed by atoms with Crippen molar-refractivity contribution in [2.75, 3.05) is 18.5 Å². The zero-order chi connectivity index (χ0) is 8.81. The molecule has 1 N–H and O–H groups in total. The third kappa shape index (κ3) is 2.34. The van der Waals surface area contributed by atoms with Crippen LogP contribution < -0.4 is 5.32 Å². The number of halogens is 1. The van der Waals surface area contributed by atoms with Crippen LogP contribution in [-0.2, 0) is 0 Å². The smallest absolute Gasteiger partial charge is 0.150 e. The number of carbonyl (C=O) groups excluding carboxylic acids is 1. The van der Waals surface area contributed by atoms with Gasteiger partial charge in [0.15, 0.2) is 0 Å². The van der Waals surface area contributed by atoms with Gasteiger partial charge in [0.25, 0.3) is 0 Å². The van der Waals surface area contributed by atoms with Crippen molar-refractivity contribution < 1.29 is 9.18 Å². The van der Waals surface area contributed by atoms with E-state index in [0.29, 0.717) is 12.1 Å². The molecule has 0 saturated heterocycles. The molecule has 0 unspecified atom stereocenters. The molecule has 0 fully saturated rings. The molecule has 0 spiro atoms. The number of benzene rings is 1. The number of anilines is 1. The Morgan fingerprint density at radius 1 is 1.33 bits per heavy atom. The quantitative estimate of drug-likeness (QED) is 0.694. The number of alkyl halides is 1. The standard InChI is InChI=1S/C9H10FNO/c10-5-6-11-9-3-1-8(7-12)2-4-9/h1-4,7,11H,5-6H2. The molecule has 0 bridgehead atoms. The lowest BCUT2D eigenvalue weighted by Crippen LogP contribution is -2.02. The summed E-state index contributed by atoms with van der Waals surface area (Å²) in [6.07, 6.45) is 0.777. The van der Waals surface area contributed by atoms with Crippen LogP contribution in [0.2, 0.25) is 0 Å². The van der Waals surface area contributed by atoms with Crippen molar-refractivity contribution in [2.24, 2.45) is 0 Å². The van der Waals surface area contributed by atoms with Gasteiger partial charge in [-0.05, 0) is 24.3 Å². The minimum Gasteiger partial charge on any atom is -0.382 e. The second kappa shape index (κ2) is 4.49. The molecular weight excluding hydrogens is 157 g/mol. The van der Waals surface area contributed by atoms with E-state index in [0.717, 1.165) is 12.0 Å². The van der Waals surface area contributed by atoms with E-state index in [1.807, 2.05) is 0 Å². The van der Waals surface area contributed by atoms with Crippen LogP contribution >= 0.6 is 0 Å². The summed E-state index contributed by atoms with van der Waals surface area (Å²) < 4.78 is 11.7. The fourth-order valence-electron chi connectivity index (χ4n) is 0.871. The molecule has 0 aliphatic heterocycles. The molecule has 64 valence electrons. The van der Waals surface area contributed by atoms with Crippen LogP contribution in [0, 0.1) is 0 Å². The molecule has 12 heavy (non-hydrogen) atoms. The van der Waals surface area contributed by atoms with Gasteiger partial charge in [-0.1, -0.05) is 0 Å². The molecule has 3 heteroatoms. The summed E-state index contributed by atoms with van der Waals surface area (Å²) in [7, 11) is 0. The zero-order valence-electron chi connectivity index (χ0n) is 6.59. The van der Waals surface area contributed by atoms with Crippen molar-refractivity contribution in [1.82, 2.24) is 0 Å². The van der Waals surface area contributed by atoms with Gasteiger partial charge in [0.1, 0.15) is 13.0 Å². The summed E-state index contributed by atoms with van der Waals surface area (Å²) in [6.45, 7) is -0.0874. The maximum atomic E-state index is 11.7. The van der Waals surface area contributed by atoms with E-state index in [-0.39, 0.29) is 0 Å². The molecule has 0 aromatic heterocycles. The third-order valence-corrected chi connectivity index (χ3v) is 1.47. The molecule has 0 aliphatic carbocycles. The maximum Gasteiger partial charge on any atom is 0.150 e. The molecule has 1 rings (SSSR count). The van der Waals surface area contributed by atoms with E-state index < -0.39 is 6.67 Å². The second-order valence-electron chi connectivity index (χ2n) is 2.36. The minimum atomic E-state index is -0.393. The highest BCUT2D eigenvalue weighted by molar-refractivity contribution is 5.75. The Kier molecular flexibility index (Phi) is 3.26. The van der Waals surface area contributed by atoms with Crippen molar-refractivity contribution in [3.63, 3.8) is 0 Å². The number of rotatable bonds is 4. The van der Waals surface area contributed by atoms with Gasteiger partial charge in [-0.15, -0.1) is 0 Å². The summed E-state index contributed by atoms with van der Waals surface area (Å²) in [5, 5.41) is 2.85. The Morgan fingerprint density at radius 3 is 2.50 bits per heavy atom. The van der Waals surface area contributed by atoms with Crippen LogP contribution in [0.3, 0.4) is 0 Å². The first kappa shape index (κ1) is 8.71. The number of carbonyl (C=O) groups is 1. The summed E-state index contributed by atoms with van der Waals surface area (Å²) in [4.78, 5) is 10.3. The molecule has 1 aromatic rings. The van der Waals surface area contributed by atoms with Gasteiger partial charge >= 0.3 is 0 Å². The maximum absolute atomic E-state index is 11.7. The largest absolute Gasteiger partial charge is 0.382 e. The summed E-state index contributed by atoms with van der Waals surface area (Å²) >= 11 is 0. The highest BCUT2D eigenvalue weighted by Gasteiger charge is 1.91. The summed E-state index contributed by atoms with van der Waals surface area (Å²) in [5.41, 5.74) is 1.46. The predicted molar refractivity (Wildman–Crippen MR) is 46.3 cm³/mol. The number of nitrogens with one attached hydrogen (secondary N) is 1. The predicted octanol–water partition coefficient (Wildman–Crippen LogP) is 1.88. The Morgan fingerprint density at radius 2 is 2.00 bits per heavy atom. The molecule has 0 saturated carbocycles. The fourth-order valence-corrected chi connectivity index (χ4v) is 0.871. The Labute approximate surface area is 70.4 Å². The van der Waals surface area contributed by atoms with Gasteiger partial charge < -0.3 is 5.32 Å². The SMILES string of the molecule is O=Cc1ccc(NCCF)cc1. The van der Waals surface area contributed by atoms with Crippen LogP contribution in [0.1, 0.15) is 10.4 Å². The van der Waals surface area contributed by atoms with Crippen molar-refractivity contribution in [3.05, 3.63) is 29.8 Å². The Hall–Kier alpha value is -1.38. The first-order valence-corrected chi connectivity index (χ1v) is 3.72. The van der Waals surface area contributed by atoms with Crippen molar-refractivity contribution >= 4 is 12.0 Å². The number of aldehydes is 1. The van der Waals surface area contributed by atoms with Crippen molar-refractivity contribution in [2.45, 2.75) is 0 Å². The van der Waals surface area contributed by atoms with Gasteiger partial charge in [-0.3, -0.25) is 4.79 Å². The highest BCUT2D eigenvalue weighted by Crippen LogP contribution is 2.07. The third-order valence-electron chi connectivity index (χ3n) is 1.47. The minimum absolute atomic E-state index is 0.306. The normalized spacial score (nSPS) is 9.42. The van der Waals surface area contributed by atoms with E-state index in [1.54, 1.807) is 24.3 Å². The molecule has 0 heterocycles. The van der Waals surface area contributed by atoms with Crippen LogP contribution in [0.15, 0.2) is 24.3 Å². The molecule has 1 aromatic carbocycles. The van der Waals surface area contributed by atoms with E-state index in [4.69, 9.17) is 0 Å². The van der Waals surface area contributed by atoms with Crippen molar-refractivity contribution in [3.8, 4) is 0 Å². The summed E-state index contributed by atoms with van der Waals surface area (Å²) in [5.74, 6) is 0. The van der Waals surface area contributed by atoms with Crippen molar-refractivity contribution in [1.29, 1.82) is 0 Å². The lowest BCUT2D eigenvalue weighted by atomic mass is 10.2. The number of hydrogen-bond donors (Lipinski definition) is 1. The average molecular weight is 167 g/mol. The summed E-state index contributed by atoms with van der Waals surface area (Å²) in [6, 6.07) is 6.87. The molecule has 0 amide bonds. The average Bonchev–Trinajstić information content (AvgIpc) is 2.15. The van der Waals surface area contributed by atoms with Gasteiger partial charge in [0.05, 0.1) is 0 Å². The Bertz CT molecular complexity index is 245. The molecule has 0 atom stereocenters. The van der Waals surface area contributed by atoms with E-state index in [2.05, 4.69) is 5.32 Å². The second-order valence-corrected chi connectivity index (χ2v) is 2.36. The highest BCUT2D eigenvalue weighted by atomic mass is 19.1. The lowest BCUT2D eigenvalue weighted by Gasteiger charge is -2.02. The molecule has 0 radical (unpaired) electrons. The number of hydrogen-bond acceptors (Lipinski definition) is 2.